The number of nitrogens with two attached hydrogens (primary N) is 1. The van der Waals surface area contributed by atoms with Gasteiger partial charge in [0.25, 0.3) is 0 Å². The molecule has 180 valence electrons. The lowest BCUT2D eigenvalue weighted by Gasteiger charge is -2.35. The van der Waals surface area contributed by atoms with Crippen molar-refractivity contribution in [2.45, 2.75) is 57.7 Å². The molecular weight excluding hydrogens is 471 g/mol. The molecule has 2 aromatic rings. The molecule has 2 atom stereocenters. The Morgan fingerprint density at radius 1 is 1.26 bits per heavy atom. The van der Waals surface area contributed by atoms with Crippen LogP contribution in [0.5, 0.6) is 5.88 Å². The van der Waals surface area contributed by atoms with Gasteiger partial charge in [-0.25, -0.2) is 9.98 Å². The van der Waals surface area contributed by atoms with Crippen LogP contribution in [0.2, 0.25) is 0 Å². The first-order valence-corrected chi connectivity index (χ1v) is 14.1. The average Bonchev–Trinajstić information content (AvgIpc) is 3.35. The molecule has 0 amide bonds. The molecule has 1 fully saturated rings. The number of allylic oxidation sites excluding steroid dienone is 3. The predicted molar refractivity (Wildman–Crippen MR) is 134 cm³/mol. The predicted octanol–water partition coefficient (Wildman–Crippen LogP) is 4.95. The average molecular weight is 501 g/mol. The summed E-state index contributed by atoms with van der Waals surface area (Å²) in [5.41, 5.74) is 7.70. The molecule has 3 heterocycles. The van der Waals surface area contributed by atoms with Crippen molar-refractivity contribution in [1.82, 2.24) is 9.97 Å². The van der Waals surface area contributed by atoms with Gasteiger partial charge in [0.05, 0.1) is 17.1 Å². The van der Waals surface area contributed by atoms with E-state index in [2.05, 4.69) is 28.2 Å². The molecular formula is C24H29N4O4PS. The topological polar surface area (TPSA) is 120 Å². The SMILES string of the molecule is CC1(C)Oc2ncnc(N)c2N=C1C1=CCC([C@H]2CC[C@H](OP(=O)(O)c3ccsc3)CC2)C=C1. The Morgan fingerprint density at radius 2 is 2.06 bits per heavy atom. The third-order valence-corrected chi connectivity index (χ3v) is 9.19. The fourth-order valence-electron chi connectivity index (χ4n) is 4.97. The zero-order valence-corrected chi connectivity index (χ0v) is 21.0. The maximum absolute atomic E-state index is 12.5. The molecule has 0 spiro atoms. The Labute approximate surface area is 203 Å². The van der Waals surface area contributed by atoms with Crippen LogP contribution in [0.3, 0.4) is 0 Å². The summed E-state index contributed by atoms with van der Waals surface area (Å²) in [4.78, 5) is 23.3. The van der Waals surface area contributed by atoms with Gasteiger partial charge in [-0.05, 0) is 74.8 Å². The van der Waals surface area contributed by atoms with E-state index in [9.17, 15) is 9.46 Å². The number of aromatic nitrogens is 2. The smallest absolute Gasteiger partial charge is 0.359 e. The van der Waals surface area contributed by atoms with Gasteiger partial charge in [0.15, 0.2) is 11.5 Å². The maximum Gasteiger partial charge on any atom is 0.359 e. The van der Waals surface area contributed by atoms with Gasteiger partial charge < -0.3 is 19.9 Å². The van der Waals surface area contributed by atoms with Crippen LogP contribution in [0.15, 0.2) is 51.9 Å². The van der Waals surface area contributed by atoms with E-state index >= 15 is 0 Å². The van der Waals surface area contributed by atoms with Gasteiger partial charge in [-0.2, -0.15) is 16.3 Å². The molecule has 2 unspecified atom stereocenters. The molecule has 34 heavy (non-hydrogen) atoms. The summed E-state index contributed by atoms with van der Waals surface area (Å²) >= 11 is 1.40. The lowest BCUT2D eigenvalue weighted by Crippen LogP contribution is -2.41. The van der Waals surface area contributed by atoms with E-state index in [-0.39, 0.29) is 6.10 Å². The molecule has 2 aromatic heterocycles. The second-order valence-corrected chi connectivity index (χ2v) is 12.1. The minimum Gasteiger partial charge on any atom is -0.463 e. The van der Waals surface area contributed by atoms with Gasteiger partial charge >= 0.3 is 7.60 Å². The normalized spacial score (nSPS) is 27.7. The Balaban J connectivity index is 1.22. The fraction of sp³-hybridized carbons (Fsp3) is 0.458. The van der Waals surface area contributed by atoms with Crippen LogP contribution in [-0.4, -0.2) is 32.3 Å². The van der Waals surface area contributed by atoms with Crippen molar-refractivity contribution < 1.29 is 18.7 Å². The number of hydrogen-bond acceptors (Lipinski definition) is 8. The number of fused-ring (bicyclic) bond motifs is 1. The second-order valence-electron chi connectivity index (χ2n) is 9.55. The fourth-order valence-corrected chi connectivity index (χ4v) is 7.31. The van der Waals surface area contributed by atoms with E-state index in [1.54, 1.807) is 16.8 Å². The number of nitrogens with zero attached hydrogens (tertiary/aromatic N) is 3. The van der Waals surface area contributed by atoms with Crippen LogP contribution in [-0.2, 0) is 9.09 Å². The van der Waals surface area contributed by atoms with Crippen LogP contribution in [0.25, 0.3) is 0 Å². The number of rotatable bonds is 5. The van der Waals surface area contributed by atoms with Crippen molar-refractivity contribution in [1.29, 1.82) is 0 Å². The number of thiophene rings is 1. The van der Waals surface area contributed by atoms with Gasteiger partial charge in [0, 0.05) is 5.38 Å². The van der Waals surface area contributed by atoms with Crippen LogP contribution in [0.1, 0.15) is 46.0 Å². The van der Waals surface area contributed by atoms with Crippen LogP contribution < -0.4 is 15.8 Å². The Morgan fingerprint density at radius 3 is 2.74 bits per heavy atom. The van der Waals surface area contributed by atoms with Crippen molar-refractivity contribution in [3.8, 4) is 5.88 Å². The molecule has 3 N–H and O–H groups in total. The van der Waals surface area contributed by atoms with E-state index in [1.807, 2.05) is 13.8 Å². The molecule has 0 radical (unpaired) electrons. The Bertz CT molecular complexity index is 1200. The second kappa shape index (κ2) is 9.04. The first kappa shape index (κ1) is 23.4. The molecule has 0 saturated heterocycles. The monoisotopic (exact) mass is 500 g/mol. The Hall–Kier alpha value is -2.32. The van der Waals surface area contributed by atoms with Crippen LogP contribution in [0.4, 0.5) is 11.5 Å². The van der Waals surface area contributed by atoms with Gasteiger partial charge in [-0.15, -0.1) is 0 Å². The number of nitrogen functional groups attached to an aromatic ring is 1. The molecule has 3 aliphatic rings. The van der Waals surface area contributed by atoms with E-state index in [0.717, 1.165) is 43.4 Å². The highest BCUT2D eigenvalue weighted by Crippen LogP contribution is 2.47. The van der Waals surface area contributed by atoms with E-state index in [4.69, 9.17) is 20.0 Å². The lowest BCUT2D eigenvalue weighted by atomic mass is 9.75. The molecule has 1 aliphatic heterocycles. The van der Waals surface area contributed by atoms with Crippen LogP contribution in [0, 0.1) is 11.8 Å². The van der Waals surface area contributed by atoms with Crippen molar-refractivity contribution >= 4 is 41.5 Å². The van der Waals surface area contributed by atoms with Crippen LogP contribution >= 0.6 is 18.9 Å². The summed E-state index contributed by atoms with van der Waals surface area (Å²) in [6.07, 6.45) is 12.3. The minimum absolute atomic E-state index is 0.173. The third kappa shape index (κ3) is 4.62. The number of anilines is 1. The zero-order chi connectivity index (χ0) is 23.9. The van der Waals surface area contributed by atoms with Gasteiger partial charge in [0.1, 0.15) is 11.9 Å². The summed E-state index contributed by atoms with van der Waals surface area (Å²) in [5.74, 6) is 1.67. The quantitative estimate of drug-likeness (QED) is 0.557. The van der Waals surface area contributed by atoms with Gasteiger partial charge in [-0.3, -0.25) is 4.57 Å². The highest BCUT2D eigenvalue weighted by Gasteiger charge is 2.37. The van der Waals surface area contributed by atoms with Gasteiger partial charge in [0.2, 0.25) is 5.88 Å². The third-order valence-electron chi connectivity index (χ3n) is 6.82. The molecule has 10 heteroatoms. The first-order chi connectivity index (χ1) is 16.2. The largest absolute Gasteiger partial charge is 0.463 e. The van der Waals surface area contributed by atoms with Crippen molar-refractivity contribution in [3.05, 3.63) is 47.0 Å². The summed E-state index contributed by atoms with van der Waals surface area (Å²) < 4.78 is 24.3. The van der Waals surface area contributed by atoms with E-state index < -0.39 is 13.2 Å². The van der Waals surface area contributed by atoms with E-state index in [1.165, 1.54) is 17.7 Å². The lowest BCUT2D eigenvalue weighted by molar-refractivity contribution is 0.108. The summed E-state index contributed by atoms with van der Waals surface area (Å²) in [7, 11) is -3.74. The first-order valence-electron chi connectivity index (χ1n) is 11.5. The Kier molecular flexibility index (Phi) is 6.23. The number of hydrogen-bond donors (Lipinski definition) is 2. The summed E-state index contributed by atoms with van der Waals surface area (Å²) in [6, 6.07) is 1.66. The molecule has 2 aliphatic carbocycles. The molecule has 1 saturated carbocycles. The molecule has 0 aromatic carbocycles. The van der Waals surface area contributed by atoms with Crippen molar-refractivity contribution in [2.75, 3.05) is 5.73 Å². The minimum atomic E-state index is -3.74. The van der Waals surface area contributed by atoms with E-state index in [0.29, 0.717) is 34.5 Å². The maximum atomic E-state index is 12.5. The molecule has 5 rings (SSSR count). The molecule has 8 nitrogen and oxygen atoms in total. The summed E-state index contributed by atoms with van der Waals surface area (Å²) in [5, 5.41) is 3.87. The zero-order valence-electron chi connectivity index (χ0n) is 19.3. The van der Waals surface area contributed by atoms with Gasteiger partial charge in [-0.1, -0.05) is 18.2 Å². The molecule has 0 bridgehead atoms. The number of aliphatic imine (C=N–C) groups is 1. The standard InChI is InChI=1S/C24H29N4O4PS/c1-24(2)21(28-20-22(25)26-14-27-23(20)31-24)17-5-3-15(4-6-17)16-7-9-18(10-8-16)32-33(29,30)19-11-12-34-13-19/h3,5-6,11-16,18H,4,7-10H2,1-2H3,(H,29,30)(H2,25,26,27)/t15?,16-,18-. The number of ether oxygens (including phenoxy) is 1. The highest BCUT2D eigenvalue weighted by atomic mass is 32.1. The van der Waals surface area contributed by atoms with Crippen molar-refractivity contribution in [3.63, 3.8) is 0 Å². The highest BCUT2D eigenvalue weighted by molar-refractivity contribution is 7.61. The summed E-state index contributed by atoms with van der Waals surface area (Å²) in [6.45, 7) is 3.95. The van der Waals surface area contributed by atoms with Crippen molar-refractivity contribution in [2.24, 2.45) is 16.8 Å².